The Balaban J connectivity index is 1.99. The molecule has 0 fully saturated rings. The van der Waals surface area contributed by atoms with Gasteiger partial charge in [-0.05, 0) is 30.7 Å². The van der Waals surface area contributed by atoms with Gasteiger partial charge in [0.1, 0.15) is 17.1 Å². The summed E-state index contributed by atoms with van der Waals surface area (Å²) in [5.41, 5.74) is 1.29. The van der Waals surface area contributed by atoms with Crippen molar-refractivity contribution in [1.29, 1.82) is 0 Å². The van der Waals surface area contributed by atoms with E-state index in [1.807, 2.05) is 31.2 Å². The van der Waals surface area contributed by atoms with E-state index < -0.39 is 5.97 Å². The largest absolute Gasteiger partial charge is 0.497 e. The molecule has 2 aromatic rings. The summed E-state index contributed by atoms with van der Waals surface area (Å²) in [6.07, 6.45) is 1.39. The zero-order valence-corrected chi connectivity index (χ0v) is 11.4. The second-order valence-corrected chi connectivity index (χ2v) is 4.44. The molecule has 106 valence electrons. The van der Waals surface area contributed by atoms with Crippen molar-refractivity contribution in [3.8, 4) is 5.75 Å². The Morgan fingerprint density at radius 3 is 2.65 bits per heavy atom. The molecule has 0 spiro atoms. The van der Waals surface area contributed by atoms with E-state index in [0.29, 0.717) is 12.3 Å². The molecule has 0 aliphatic rings. The van der Waals surface area contributed by atoms with Gasteiger partial charge in [0.05, 0.1) is 19.9 Å². The molecular formula is C15H17NO4. The molecule has 0 amide bonds. The fourth-order valence-electron chi connectivity index (χ4n) is 1.92. The highest BCUT2D eigenvalue weighted by Gasteiger charge is 2.14. The number of benzene rings is 1. The standard InChI is InChI=1S/C15H17NO4/c1-10(11-3-5-12(19-2)6-4-11)16-9-14-13(15(17)18)7-8-20-14/h3-8,10,16H,9H2,1-2H3,(H,17,18)/t10-/m1/s1. The summed E-state index contributed by atoms with van der Waals surface area (Å²) in [5, 5.41) is 12.2. The summed E-state index contributed by atoms with van der Waals surface area (Å²) < 4.78 is 10.3. The maximum absolute atomic E-state index is 11.0. The lowest BCUT2D eigenvalue weighted by Gasteiger charge is -2.14. The molecule has 1 atom stereocenters. The van der Waals surface area contributed by atoms with E-state index in [0.717, 1.165) is 11.3 Å². The number of nitrogens with one attached hydrogen (secondary N) is 1. The smallest absolute Gasteiger partial charge is 0.339 e. The van der Waals surface area contributed by atoms with Gasteiger partial charge in [0, 0.05) is 6.04 Å². The van der Waals surface area contributed by atoms with E-state index >= 15 is 0 Å². The van der Waals surface area contributed by atoms with Crippen LogP contribution in [0.2, 0.25) is 0 Å². The van der Waals surface area contributed by atoms with Gasteiger partial charge in [0.25, 0.3) is 0 Å². The van der Waals surface area contributed by atoms with E-state index in [4.69, 9.17) is 14.3 Å². The summed E-state index contributed by atoms with van der Waals surface area (Å²) in [6, 6.07) is 9.25. The first-order valence-corrected chi connectivity index (χ1v) is 6.29. The molecule has 5 nitrogen and oxygen atoms in total. The summed E-state index contributed by atoms with van der Waals surface area (Å²) >= 11 is 0. The summed E-state index contributed by atoms with van der Waals surface area (Å²) in [6.45, 7) is 2.37. The third-order valence-electron chi connectivity index (χ3n) is 3.16. The van der Waals surface area contributed by atoms with Crippen molar-refractivity contribution in [2.45, 2.75) is 19.5 Å². The molecule has 1 aromatic heterocycles. The third kappa shape index (κ3) is 3.19. The molecule has 0 radical (unpaired) electrons. The van der Waals surface area contributed by atoms with Crippen LogP contribution in [0.5, 0.6) is 5.75 Å². The van der Waals surface area contributed by atoms with Crippen molar-refractivity contribution < 1.29 is 19.1 Å². The molecule has 2 rings (SSSR count). The van der Waals surface area contributed by atoms with Crippen LogP contribution in [-0.2, 0) is 6.54 Å². The number of hydrogen-bond donors (Lipinski definition) is 2. The molecule has 20 heavy (non-hydrogen) atoms. The maximum Gasteiger partial charge on any atom is 0.339 e. The second-order valence-electron chi connectivity index (χ2n) is 4.44. The van der Waals surface area contributed by atoms with Crippen molar-refractivity contribution in [1.82, 2.24) is 5.32 Å². The first kappa shape index (κ1) is 14.1. The van der Waals surface area contributed by atoms with Gasteiger partial charge in [-0.2, -0.15) is 0 Å². The number of carboxylic acid groups (broad SMARTS) is 1. The minimum atomic E-state index is -0.979. The van der Waals surface area contributed by atoms with Crippen LogP contribution in [0.15, 0.2) is 41.0 Å². The maximum atomic E-state index is 11.0. The molecule has 0 bridgehead atoms. The van der Waals surface area contributed by atoms with Gasteiger partial charge in [-0.25, -0.2) is 4.79 Å². The fraction of sp³-hybridized carbons (Fsp3) is 0.267. The van der Waals surface area contributed by atoms with Crippen LogP contribution >= 0.6 is 0 Å². The Hall–Kier alpha value is -2.27. The molecular weight excluding hydrogens is 258 g/mol. The average molecular weight is 275 g/mol. The van der Waals surface area contributed by atoms with E-state index in [9.17, 15) is 4.79 Å². The van der Waals surface area contributed by atoms with Crippen LogP contribution in [0.3, 0.4) is 0 Å². The lowest BCUT2D eigenvalue weighted by atomic mass is 10.1. The topological polar surface area (TPSA) is 71.7 Å². The molecule has 1 heterocycles. The lowest BCUT2D eigenvalue weighted by molar-refractivity contribution is 0.0694. The minimum absolute atomic E-state index is 0.0765. The highest BCUT2D eigenvalue weighted by atomic mass is 16.5. The molecule has 0 saturated heterocycles. The first-order valence-electron chi connectivity index (χ1n) is 6.29. The van der Waals surface area contributed by atoms with E-state index in [1.165, 1.54) is 12.3 Å². The van der Waals surface area contributed by atoms with E-state index in [2.05, 4.69) is 5.32 Å². The predicted octanol–water partition coefficient (Wildman–Crippen LogP) is 2.84. The third-order valence-corrected chi connectivity index (χ3v) is 3.16. The number of carbonyl (C=O) groups is 1. The Labute approximate surface area is 117 Å². The molecule has 1 aromatic carbocycles. The zero-order chi connectivity index (χ0) is 14.5. The zero-order valence-electron chi connectivity index (χ0n) is 11.4. The SMILES string of the molecule is COc1ccc([C@@H](C)NCc2occc2C(=O)O)cc1. The normalized spacial score (nSPS) is 12.1. The molecule has 0 saturated carbocycles. The number of aromatic carboxylic acids is 1. The molecule has 0 aliphatic heterocycles. The van der Waals surface area contributed by atoms with Gasteiger partial charge in [-0.15, -0.1) is 0 Å². The number of carboxylic acids is 1. The van der Waals surface area contributed by atoms with Crippen LogP contribution in [0.25, 0.3) is 0 Å². The van der Waals surface area contributed by atoms with Crippen LogP contribution in [0.4, 0.5) is 0 Å². The van der Waals surface area contributed by atoms with Crippen LogP contribution < -0.4 is 10.1 Å². The van der Waals surface area contributed by atoms with Gasteiger partial charge in [-0.3, -0.25) is 0 Å². The highest BCUT2D eigenvalue weighted by molar-refractivity contribution is 5.88. The summed E-state index contributed by atoms with van der Waals surface area (Å²) in [4.78, 5) is 11.0. The van der Waals surface area contributed by atoms with E-state index in [1.54, 1.807) is 7.11 Å². The van der Waals surface area contributed by atoms with Gasteiger partial charge in [0.2, 0.25) is 0 Å². The Bertz CT molecular complexity index is 574. The monoisotopic (exact) mass is 275 g/mol. The van der Waals surface area contributed by atoms with Gasteiger partial charge in [0.15, 0.2) is 0 Å². The van der Waals surface area contributed by atoms with Crippen molar-refractivity contribution in [2.75, 3.05) is 7.11 Å². The number of ether oxygens (including phenoxy) is 1. The fourth-order valence-corrected chi connectivity index (χ4v) is 1.92. The molecule has 5 heteroatoms. The van der Waals surface area contributed by atoms with Gasteiger partial charge >= 0.3 is 5.97 Å². The minimum Gasteiger partial charge on any atom is -0.497 e. The van der Waals surface area contributed by atoms with Crippen molar-refractivity contribution in [3.63, 3.8) is 0 Å². The number of methoxy groups -OCH3 is 1. The lowest BCUT2D eigenvalue weighted by Crippen LogP contribution is -2.19. The van der Waals surface area contributed by atoms with Crippen LogP contribution in [0, 0.1) is 0 Å². The summed E-state index contributed by atoms with van der Waals surface area (Å²) in [5.74, 6) is 0.255. The van der Waals surface area contributed by atoms with E-state index in [-0.39, 0.29) is 11.6 Å². The van der Waals surface area contributed by atoms with Crippen LogP contribution in [0.1, 0.15) is 34.6 Å². The highest BCUT2D eigenvalue weighted by Crippen LogP contribution is 2.18. The van der Waals surface area contributed by atoms with Crippen molar-refractivity contribution >= 4 is 5.97 Å². The Morgan fingerprint density at radius 1 is 1.35 bits per heavy atom. The second kappa shape index (κ2) is 6.25. The Morgan fingerprint density at radius 2 is 2.05 bits per heavy atom. The number of furan rings is 1. The predicted molar refractivity (Wildman–Crippen MR) is 73.9 cm³/mol. The van der Waals surface area contributed by atoms with Gasteiger partial charge in [-0.1, -0.05) is 12.1 Å². The first-order chi connectivity index (χ1) is 9.61. The van der Waals surface area contributed by atoms with Crippen LogP contribution in [-0.4, -0.2) is 18.2 Å². The quantitative estimate of drug-likeness (QED) is 0.848. The molecule has 2 N–H and O–H groups in total. The Kier molecular flexibility index (Phi) is 4.42. The molecule has 0 unspecified atom stereocenters. The number of hydrogen-bond acceptors (Lipinski definition) is 4. The molecule has 0 aliphatic carbocycles. The van der Waals surface area contributed by atoms with Gasteiger partial charge < -0.3 is 19.6 Å². The van der Waals surface area contributed by atoms with Crippen molar-refractivity contribution in [2.24, 2.45) is 0 Å². The summed E-state index contributed by atoms with van der Waals surface area (Å²) in [7, 11) is 1.63. The van der Waals surface area contributed by atoms with Crippen molar-refractivity contribution in [3.05, 3.63) is 53.5 Å². The number of rotatable bonds is 6. The average Bonchev–Trinajstić information content (AvgIpc) is 2.93.